The lowest BCUT2D eigenvalue weighted by atomic mass is 10.1. The van der Waals surface area contributed by atoms with Crippen LogP contribution in [0, 0.1) is 13.8 Å². The maximum absolute atomic E-state index is 13.8. The molecule has 0 unspecified atom stereocenters. The Morgan fingerprint density at radius 3 is 2.37 bits per heavy atom. The average molecular weight is 493 g/mol. The molecule has 1 amide bonds. The summed E-state index contributed by atoms with van der Waals surface area (Å²) in [5.74, 6) is 0.915. The number of carbonyl (C=O) groups excluding carboxylic acids is 1. The number of amides is 1. The fourth-order valence-electron chi connectivity index (χ4n) is 4.38. The molecule has 5 rings (SSSR count). The van der Waals surface area contributed by atoms with Gasteiger partial charge in [0.15, 0.2) is 11.5 Å². The molecule has 2 aliphatic rings. The van der Waals surface area contributed by atoms with E-state index < -0.39 is 15.9 Å². The summed E-state index contributed by atoms with van der Waals surface area (Å²) in [4.78, 5) is 13.0. The van der Waals surface area contributed by atoms with E-state index in [4.69, 9.17) is 9.47 Å². The highest BCUT2D eigenvalue weighted by Crippen LogP contribution is 2.42. The van der Waals surface area contributed by atoms with Gasteiger partial charge in [0.25, 0.3) is 5.91 Å². The number of nitrogens with zero attached hydrogens (tertiary/aromatic N) is 1. The number of aryl methyl sites for hydroxylation is 2. The Kier molecular flexibility index (Phi) is 6.25. The normalized spacial score (nSPS) is 16.2. The predicted octanol–water partition coefficient (Wildman–Crippen LogP) is 6.02. The Morgan fingerprint density at radius 1 is 0.886 bits per heavy atom. The van der Waals surface area contributed by atoms with Crippen LogP contribution in [0.1, 0.15) is 47.2 Å². The Labute approximate surface area is 205 Å². The molecule has 3 aromatic rings. The third-order valence-corrected chi connectivity index (χ3v) is 8.45. The summed E-state index contributed by atoms with van der Waals surface area (Å²) < 4.78 is 41.4. The van der Waals surface area contributed by atoms with Crippen molar-refractivity contribution in [3.05, 3.63) is 71.3 Å². The quantitative estimate of drug-likeness (QED) is 0.481. The lowest BCUT2D eigenvalue weighted by Gasteiger charge is -2.23. The van der Waals surface area contributed by atoms with Crippen molar-refractivity contribution in [3.8, 4) is 23.0 Å². The first-order chi connectivity index (χ1) is 16.8. The number of nitrogens with one attached hydrogen (secondary N) is 1. The number of sulfonamides is 1. The van der Waals surface area contributed by atoms with Crippen LogP contribution < -0.4 is 14.8 Å². The van der Waals surface area contributed by atoms with Crippen molar-refractivity contribution in [1.29, 1.82) is 0 Å². The summed E-state index contributed by atoms with van der Waals surface area (Å²) in [6.45, 7) is 4.85. The number of hydrogen-bond donors (Lipinski definition) is 1. The molecule has 0 atom stereocenters. The fourth-order valence-corrected chi connectivity index (χ4v) is 6.02. The molecule has 8 heteroatoms. The summed E-state index contributed by atoms with van der Waals surface area (Å²) in [5.41, 5.74) is 2.79. The topological polar surface area (TPSA) is 84.9 Å². The van der Waals surface area contributed by atoms with Gasteiger partial charge >= 0.3 is 0 Å². The van der Waals surface area contributed by atoms with Crippen LogP contribution in [0.25, 0.3) is 0 Å². The van der Waals surface area contributed by atoms with Crippen LogP contribution in [0.4, 0.5) is 5.69 Å². The van der Waals surface area contributed by atoms with Gasteiger partial charge in [-0.3, -0.25) is 4.79 Å². The molecule has 0 spiro atoms. The van der Waals surface area contributed by atoms with Crippen LogP contribution in [0.2, 0.25) is 0 Å². The number of hydrogen-bond acceptors (Lipinski definition) is 5. The van der Waals surface area contributed by atoms with Crippen molar-refractivity contribution < 1.29 is 22.7 Å². The van der Waals surface area contributed by atoms with E-state index >= 15 is 0 Å². The minimum Gasteiger partial charge on any atom is -0.456 e. The minimum absolute atomic E-state index is 0.0407. The lowest BCUT2D eigenvalue weighted by molar-refractivity contribution is 0.102. The molecule has 1 fully saturated rings. The molecule has 0 radical (unpaired) electrons. The molecule has 0 aliphatic carbocycles. The van der Waals surface area contributed by atoms with Crippen LogP contribution in [0.15, 0.2) is 59.5 Å². The number of benzene rings is 3. The monoisotopic (exact) mass is 492 g/mol. The van der Waals surface area contributed by atoms with Gasteiger partial charge in [0.1, 0.15) is 16.4 Å². The number of rotatable bonds is 4. The lowest BCUT2D eigenvalue weighted by Crippen LogP contribution is -2.32. The molecule has 7 nitrogen and oxygen atoms in total. The van der Waals surface area contributed by atoms with Crippen LogP contribution in [0.3, 0.4) is 0 Å². The summed E-state index contributed by atoms with van der Waals surface area (Å²) in [7, 11) is -3.92. The van der Waals surface area contributed by atoms with Crippen molar-refractivity contribution in [1.82, 2.24) is 4.31 Å². The zero-order valence-corrected chi connectivity index (χ0v) is 20.7. The third kappa shape index (κ3) is 4.63. The van der Waals surface area contributed by atoms with Gasteiger partial charge in [-0.05, 0) is 68.1 Å². The molecule has 2 heterocycles. The Balaban J connectivity index is 1.65. The molecule has 1 N–H and O–H groups in total. The Morgan fingerprint density at radius 2 is 1.63 bits per heavy atom. The van der Waals surface area contributed by atoms with Crippen molar-refractivity contribution in [3.63, 3.8) is 0 Å². The van der Waals surface area contributed by atoms with E-state index in [0.29, 0.717) is 30.3 Å². The second-order valence-corrected chi connectivity index (χ2v) is 10.9. The minimum atomic E-state index is -3.92. The van der Waals surface area contributed by atoms with Crippen LogP contribution >= 0.6 is 0 Å². The van der Waals surface area contributed by atoms with E-state index in [1.54, 1.807) is 30.3 Å². The number of ether oxygens (including phenoxy) is 2. The standard InChI is InChI=1S/C27H28N2O5S/c1-18-11-12-20(15-19(18)2)33-25-17-24-21(27(30)28-22-9-5-6-10-23(22)34-24)16-26(25)35(31,32)29-13-7-3-4-8-14-29/h5-6,9-12,15-17H,3-4,7-8,13-14H2,1-2H3,(H,28,30). The van der Waals surface area contributed by atoms with E-state index in [9.17, 15) is 13.2 Å². The molecule has 35 heavy (non-hydrogen) atoms. The number of fused-ring (bicyclic) bond motifs is 2. The molecule has 0 bridgehead atoms. The van der Waals surface area contributed by atoms with Gasteiger partial charge < -0.3 is 14.8 Å². The highest BCUT2D eigenvalue weighted by Gasteiger charge is 2.32. The number of carbonyl (C=O) groups is 1. The number of anilines is 1. The molecule has 182 valence electrons. The van der Waals surface area contributed by atoms with Gasteiger partial charge in [-0.2, -0.15) is 4.31 Å². The van der Waals surface area contributed by atoms with Crippen molar-refractivity contribution in [2.75, 3.05) is 18.4 Å². The molecular weight excluding hydrogens is 464 g/mol. The maximum Gasteiger partial charge on any atom is 0.259 e. The van der Waals surface area contributed by atoms with Crippen LogP contribution in [-0.2, 0) is 10.0 Å². The first kappa shape index (κ1) is 23.4. The zero-order chi connectivity index (χ0) is 24.6. The first-order valence-electron chi connectivity index (χ1n) is 11.8. The largest absolute Gasteiger partial charge is 0.456 e. The SMILES string of the molecule is Cc1ccc(Oc2cc3c(cc2S(=O)(=O)N2CCCCCC2)C(=O)Nc2ccccc2O3)cc1C. The van der Waals surface area contributed by atoms with Gasteiger partial charge in [-0.25, -0.2) is 8.42 Å². The van der Waals surface area contributed by atoms with E-state index in [2.05, 4.69) is 5.32 Å². The van der Waals surface area contributed by atoms with E-state index in [-0.39, 0.29) is 22.0 Å². The second kappa shape index (κ2) is 9.36. The van der Waals surface area contributed by atoms with Crippen LogP contribution in [-0.4, -0.2) is 31.7 Å². The molecular formula is C27H28N2O5S. The smallest absolute Gasteiger partial charge is 0.259 e. The molecule has 0 saturated carbocycles. The molecule has 3 aromatic carbocycles. The van der Waals surface area contributed by atoms with Crippen molar-refractivity contribution in [2.24, 2.45) is 0 Å². The highest BCUT2D eigenvalue weighted by molar-refractivity contribution is 7.89. The summed E-state index contributed by atoms with van der Waals surface area (Å²) >= 11 is 0. The maximum atomic E-state index is 13.8. The van der Waals surface area contributed by atoms with Gasteiger partial charge in [-0.1, -0.05) is 31.0 Å². The second-order valence-electron chi connectivity index (χ2n) is 9.01. The highest BCUT2D eigenvalue weighted by atomic mass is 32.2. The first-order valence-corrected chi connectivity index (χ1v) is 13.3. The van der Waals surface area contributed by atoms with Gasteiger partial charge in [0, 0.05) is 19.2 Å². The average Bonchev–Trinajstić information content (AvgIpc) is 3.19. The third-order valence-electron chi connectivity index (χ3n) is 6.53. The van der Waals surface area contributed by atoms with Crippen LogP contribution in [0.5, 0.6) is 23.0 Å². The van der Waals surface area contributed by atoms with E-state index in [0.717, 1.165) is 36.8 Å². The van der Waals surface area contributed by atoms with E-state index in [1.807, 2.05) is 26.0 Å². The van der Waals surface area contributed by atoms with Gasteiger partial charge in [0.05, 0.1) is 11.3 Å². The molecule has 0 aromatic heterocycles. The zero-order valence-electron chi connectivity index (χ0n) is 19.8. The summed E-state index contributed by atoms with van der Waals surface area (Å²) in [5, 5.41) is 2.82. The fraction of sp³-hybridized carbons (Fsp3) is 0.296. The Bertz CT molecular complexity index is 1390. The van der Waals surface area contributed by atoms with Crippen molar-refractivity contribution in [2.45, 2.75) is 44.4 Å². The van der Waals surface area contributed by atoms with Gasteiger partial charge in [0.2, 0.25) is 10.0 Å². The van der Waals surface area contributed by atoms with Gasteiger partial charge in [-0.15, -0.1) is 0 Å². The van der Waals surface area contributed by atoms with Crippen molar-refractivity contribution >= 4 is 21.6 Å². The summed E-state index contributed by atoms with van der Waals surface area (Å²) in [6.07, 6.45) is 3.60. The predicted molar refractivity (Wildman–Crippen MR) is 134 cm³/mol. The Hall–Kier alpha value is -3.36. The summed E-state index contributed by atoms with van der Waals surface area (Å²) in [6, 6.07) is 15.6. The molecule has 1 saturated heterocycles. The van der Waals surface area contributed by atoms with E-state index in [1.165, 1.54) is 16.4 Å². The molecule has 2 aliphatic heterocycles. The number of para-hydroxylation sites is 2.